The number of methoxy groups -OCH3 is 2. The van der Waals surface area contributed by atoms with Crippen molar-refractivity contribution in [2.45, 2.75) is 0 Å². The van der Waals surface area contributed by atoms with Crippen molar-refractivity contribution < 1.29 is 14.3 Å². The molecule has 0 aliphatic rings. The zero-order chi connectivity index (χ0) is 15.6. The Morgan fingerprint density at radius 1 is 1.10 bits per heavy atom. The minimum Gasteiger partial charge on any atom is -0.496 e. The van der Waals surface area contributed by atoms with E-state index in [1.165, 1.54) is 14.2 Å². The van der Waals surface area contributed by atoms with Gasteiger partial charge in [0, 0.05) is 16.3 Å². The van der Waals surface area contributed by atoms with Gasteiger partial charge in [-0.3, -0.25) is 4.79 Å². The Labute approximate surface area is 135 Å². The van der Waals surface area contributed by atoms with E-state index in [2.05, 4.69) is 15.9 Å². The molecule has 0 saturated heterocycles. The number of hydrogen-bond donors (Lipinski definition) is 1. The minimum atomic E-state index is -0.244. The third kappa shape index (κ3) is 3.31. The van der Waals surface area contributed by atoms with Gasteiger partial charge in [0.05, 0.1) is 24.3 Å². The number of nitrogens with two attached hydrogens (primary N) is 1. The molecule has 0 saturated carbocycles. The maximum Gasteiger partial charge on any atom is 0.197 e. The van der Waals surface area contributed by atoms with Gasteiger partial charge in [0.2, 0.25) is 0 Å². The molecule has 0 atom stereocenters. The Kier molecular flexibility index (Phi) is 4.75. The summed E-state index contributed by atoms with van der Waals surface area (Å²) in [6.45, 7) is 0. The third-order valence-corrected chi connectivity index (χ3v) is 3.74. The number of anilines is 1. The highest BCUT2D eigenvalue weighted by Gasteiger charge is 2.18. The fourth-order valence-corrected chi connectivity index (χ4v) is 2.66. The average Bonchev–Trinajstić information content (AvgIpc) is 2.45. The minimum absolute atomic E-state index is 0.244. The van der Waals surface area contributed by atoms with Gasteiger partial charge in [0.1, 0.15) is 11.5 Å². The third-order valence-electron chi connectivity index (χ3n) is 2.90. The largest absolute Gasteiger partial charge is 0.496 e. The van der Waals surface area contributed by atoms with Crippen LogP contribution < -0.4 is 15.2 Å². The Balaban J connectivity index is 2.56. The summed E-state index contributed by atoms with van der Waals surface area (Å²) in [5.41, 5.74) is 6.92. The van der Waals surface area contributed by atoms with E-state index in [-0.39, 0.29) is 5.78 Å². The standard InChI is InChI=1S/C15H13BrClNO3/c1-20-13-7-12(16)14(21-2)6-11(13)15(19)8-3-9(17)5-10(18)4-8/h3-7H,18H2,1-2H3. The molecule has 0 amide bonds. The van der Waals surface area contributed by atoms with Gasteiger partial charge in [-0.05, 0) is 46.3 Å². The van der Waals surface area contributed by atoms with Crippen LogP contribution in [0.4, 0.5) is 5.69 Å². The highest BCUT2D eigenvalue weighted by molar-refractivity contribution is 9.10. The molecule has 0 unspecified atom stereocenters. The molecule has 21 heavy (non-hydrogen) atoms. The number of halogens is 2. The predicted octanol–water partition coefficient (Wildman–Crippen LogP) is 3.93. The van der Waals surface area contributed by atoms with Gasteiger partial charge in [-0.2, -0.15) is 0 Å². The van der Waals surface area contributed by atoms with E-state index < -0.39 is 0 Å². The molecule has 2 aromatic rings. The fourth-order valence-electron chi connectivity index (χ4n) is 1.94. The van der Waals surface area contributed by atoms with Crippen LogP contribution in [0.3, 0.4) is 0 Å². The average molecular weight is 371 g/mol. The van der Waals surface area contributed by atoms with Crippen molar-refractivity contribution in [3.05, 3.63) is 51.0 Å². The maximum absolute atomic E-state index is 12.6. The van der Waals surface area contributed by atoms with Crippen molar-refractivity contribution in [2.24, 2.45) is 0 Å². The van der Waals surface area contributed by atoms with E-state index >= 15 is 0 Å². The fraction of sp³-hybridized carbons (Fsp3) is 0.133. The SMILES string of the molecule is COc1cc(C(=O)c2cc(N)cc(Cl)c2)c(OC)cc1Br. The summed E-state index contributed by atoms with van der Waals surface area (Å²) in [6, 6.07) is 8.01. The van der Waals surface area contributed by atoms with Crippen molar-refractivity contribution in [3.8, 4) is 11.5 Å². The molecule has 6 heteroatoms. The lowest BCUT2D eigenvalue weighted by atomic mass is 10.0. The quantitative estimate of drug-likeness (QED) is 0.654. The monoisotopic (exact) mass is 369 g/mol. The molecule has 2 rings (SSSR count). The van der Waals surface area contributed by atoms with Crippen molar-refractivity contribution in [1.82, 2.24) is 0 Å². The molecule has 2 N–H and O–H groups in total. The van der Waals surface area contributed by atoms with E-state index in [1.807, 2.05) is 0 Å². The highest BCUT2D eigenvalue weighted by Crippen LogP contribution is 2.34. The summed E-state index contributed by atoms with van der Waals surface area (Å²) >= 11 is 9.30. The zero-order valence-electron chi connectivity index (χ0n) is 11.4. The molecule has 0 bridgehead atoms. The second-order valence-corrected chi connectivity index (χ2v) is 5.58. The number of hydrogen-bond acceptors (Lipinski definition) is 4. The topological polar surface area (TPSA) is 61.5 Å². The van der Waals surface area contributed by atoms with Gasteiger partial charge in [0.25, 0.3) is 0 Å². The molecule has 0 aliphatic heterocycles. The van der Waals surface area contributed by atoms with Gasteiger partial charge in [-0.25, -0.2) is 0 Å². The first-order valence-electron chi connectivity index (χ1n) is 5.98. The van der Waals surface area contributed by atoms with Crippen LogP contribution in [0, 0.1) is 0 Å². The first kappa shape index (κ1) is 15.7. The van der Waals surface area contributed by atoms with E-state index in [4.69, 9.17) is 26.8 Å². The lowest BCUT2D eigenvalue weighted by Gasteiger charge is -2.12. The summed E-state index contributed by atoms with van der Waals surface area (Å²) in [4.78, 5) is 12.6. The molecular formula is C15H13BrClNO3. The summed E-state index contributed by atoms with van der Waals surface area (Å²) in [7, 11) is 3.02. The van der Waals surface area contributed by atoms with Crippen LogP contribution in [0.2, 0.25) is 5.02 Å². The van der Waals surface area contributed by atoms with Gasteiger partial charge in [-0.15, -0.1) is 0 Å². The molecule has 0 heterocycles. The van der Waals surface area contributed by atoms with Crippen molar-refractivity contribution in [3.63, 3.8) is 0 Å². The summed E-state index contributed by atoms with van der Waals surface area (Å²) < 4.78 is 11.2. The summed E-state index contributed by atoms with van der Waals surface area (Å²) in [5, 5.41) is 0.404. The predicted molar refractivity (Wildman–Crippen MR) is 86.5 cm³/mol. The van der Waals surface area contributed by atoms with E-state index in [9.17, 15) is 4.79 Å². The number of benzene rings is 2. The van der Waals surface area contributed by atoms with Gasteiger partial charge in [-0.1, -0.05) is 11.6 Å². The van der Waals surface area contributed by atoms with Crippen molar-refractivity contribution in [2.75, 3.05) is 20.0 Å². The van der Waals surface area contributed by atoms with Crippen LogP contribution in [-0.4, -0.2) is 20.0 Å². The van der Waals surface area contributed by atoms with Crippen LogP contribution in [0.15, 0.2) is 34.8 Å². The molecule has 110 valence electrons. The molecule has 0 aromatic heterocycles. The Morgan fingerprint density at radius 3 is 2.33 bits per heavy atom. The number of ether oxygens (including phenoxy) is 2. The first-order valence-corrected chi connectivity index (χ1v) is 7.15. The number of carbonyl (C=O) groups is 1. The van der Waals surface area contributed by atoms with E-state index in [1.54, 1.807) is 30.3 Å². The molecular weight excluding hydrogens is 358 g/mol. The lowest BCUT2D eigenvalue weighted by Crippen LogP contribution is -2.05. The van der Waals surface area contributed by atoms with Crippen molar-refractivity contribution >= 4 is 39.0 Å². The van der Waals surface area contributed by atoms with E-state index in [0.29, 0.717) is 37.8 Å². The van der Waals surface area contributed by atoms with Crippen LogP contribution in [0.25, 0.3) is 0 Å². The zero-order valence-corrected chi connectivity index (χ0v) is 13.8. The van der Waals surface area contributed by atoms with Gasteiger partial charge < -0.3 is 15.2 Å². The Hall–Kier alpha value is -1.72. The second kappa shape index (κ2) is 6.37. The van der Waals surface area contributed by atoms with Gasteiger partial charge in [0.15, 0.2) is 5.78 Å². The maximum atomic E-state index is 12.6. The normalized spacial score (nSPS) is 10.3. The Morgan fingerprint density at radius 2 is 1.76 bits per heavy atom. The van der Waals surface area contributed by atoms with Gasteiger partial charge >= 0.3 is 0 Å². The summed E-state index contributed by atoms with van der Waals surface area (Å²) in [6.07, 6.45) is 0. The highest BCUT2D eigenvalue weighted by atomic mass is 79.9. The molecule has 2 aromatic carbocycles. The molecule has 0 fully saturated rings. The number of rotatable bonds is 4. The Bertz CT molecular complexity index is 683. The summed E-state index contributed by atoms with van der Waals surface area (Å²) in [5.74, 6) is 0.729. The molecule has 0 radical (unpaired) electrons. The molecule has 4 nitrogen and oxygen atoms in total. The number of nitrogen functional groups attached to an aromatic ring is 1. The second-order valence-electron chi connectivity index (χ2n) is 4.29. The number of carbonyl (C=O) groups excluding carboxylic acids is 1. The number of ketones is 1. The first-order chi connectivity index (χ1) is 9.96. The van der Waals surface area contributed by atoms with Crippen molar-refractivity contribution in [1.29, 1.82) is 0 Å². The van der Waals surface area contributed by atoms with Crippen LogP contribution in [0.1, 0.15) is 15.9 Å². The van der Waals surface area contributed by atoms with Crippen LogP contribution in [0.5, 0.6) is 11.5 Å². The smallest absolute Gasteiger partial charge is 0.197 e. The molecule has 0 spiro atoms. The lowest BCUT2D eigenvalue weighted by molar-refractivity contribution is 0.103. The van der Waals surface area contributed by atoms with Crippen LogP contribution >= 0.6 is 27.5 Å². The molecule has 0 aliphatic carbocycles. The van der Waals surface area contributed by atoms with Crippen LogP contribution in [-0.2, 0) is 0 Å². The van der Waals surface area contributed by atoms with E-state index in [0.717, 1.165) is 0 Å².